The number of hydrogen-bond donors (Lipinski definition) is 2. The van der Waals surface area contributed by atoms with Gasteiger partial charge >= 0.3 is 0 Å². The molecule has 0 radical (unpaired) electrons. The number of pyridine rings is 1. The van der Waals surface area contributed by atoms with Crippen LogP contribution in [0.15, 0.2) is 59.5 Å². The molecule has 0 aliphatic rings. The molecule has 0 bridgehead atoms. The fraction of sp³-hybridized carbons (Fsp3) is 0.0625. The Morgan fingerprint density at radius 2 is 2.00 bits per heavy atom. The van der Waals surface area contributed by atoms with Crippen LogP contribution in [0, 0.1) is 0 Å². The molecule has 3 rings (SSSR count). The molecule has 2 amide bonds. The van der Waals surface area contributed by atoms with Gasteiger partial charge in [-0.15, -0.1) is 0 Å². The van der Waals surface area contributed by atoms with Crippen molar-refractivity contribution in [1.82, 2.24) is 10.3 Å². The van der Waals surface area contributed by atoms with Crippen LogP contribution in [0.4, 0.5) is 5.69 Å². The molecule has 1 aromatic carbocycles. The van der Waals surface area contributed by atoms with Gasteiger partial charge in [0.25, 0.3) is 5.91 Å². The monoisotopic (exact) mass is 295 g/mol. The Kier molecular flexibility index (Phi) is 3.82. The van der Waals surface area contributed by atoms with Crippen molar-refractivity contribution in [2.45, 2.75) is 0 Å². The summed E-state index contributed by atoms with van der Waals surface area (Å²) < 4.78 is 4.82. The molecular weight excluding hydrogens is 282 g/mol. The molecule has 0 spiro atoms. The Morgan fingerprint density at radius 3 is 2.82 bits per heavy atom. The summed E-state index contributed by atoms with van der Waals surface area (Å²) in [7, 11) is 0. The number of benzene rings is 1. The van der Waals surface area contributed by atoms with Crippen LogP contribution < -0.4 is 10.6 Å². The van der Waals surface area contributed by atoms with Gasteiger partial charge in [0.1, 0.15) is 6.26 Å². The van der Waals surface area contributed by atoms with Gasteiger partial charge in [-0.25, -0.2) is 0 Å². The highest BCUT2D eigenvalue weighted by molar-refractivity contribution is 6.03. The number of carbonyl (C=O) groups excluding carboxylic acids is 2. The average Bonchev–Trinajstić information content (AvgIpc) is 3.07. The molecule has 2 N–H and O–H groups in total. The molecule has 22 heavy (non-hydrogen) atoms. The van der Waals surface area contributed by atoms with Crippen molar-refractivity contribution in [3.63, 3.8) is 0 Å². The Hall–Kier alpha value is -3.15. The van der Waals surface area contributed by atoms with Gasteiger partial charge < -0.3 is 15.1 Å². The minimum absolute atomic E-state index is 0.132. The zero-order valence-electron chi connectivity index (χ0n) is 11.6. The number of aromatic nitrogens is 1. The molecule has 0 fully saturated rings. The zero-order valence-corrected chi connectivity index (χ0v) is 11.6. The van der Waals surface area contributed by atoms with E-state index >= 15 is 0 Å². The summed E-state index contributed by atoms with van der Waals surface area (Å²) in [5, 5.41) is 6.20. The minimum Gasteiger partial charge on any atom is -0.472 e. The van der Waals surface area contributed by atoms with Crippen molar-refractivity contribution in [2.24, 2.45) is 0 Å². The van der Waals surface area contributed by atoms with Crippen molar-refractivity contribution in [3.05, 3.63) is 60.7 Å². The topological polar surface area (TPSA) is 84.2 Å². The molecule has 2 aromatic heterocycles. The molecule has 0 saturated carbocycles. The van der Waals surface area contributed by atoms with Gasteiger partial charge in [-0.2, -0.15) is 0 Å². The van der Waals surface area contributed by atoms with Crippen molar-refractivity contribution in [1.29, 1.82) is 0 Å². The SMILES string of the molecule is O=C(CNC(=O)c1ccoc1)Nc1cccc2cccnc12. The zero-order chi connectivity index (χ0) is 15.4. The van der Waals surface area contributed by atoms with Crippen LogP contribution in [0.2, 0.25) is 0 Å². The number of fused-ring (bicyclic) bond motifs is 1. The van der Waals surface area contributed by atoms with Crippen molar-refractivity contribution < 1.29 is 14.0 Å². The van der Waals surface area contributed by atoms with Crippen LogP contribution in [0.25, 0.3) is 10.9 Å². The second-order valence-corrected chi connectivity index (χ2v) is 4.62. The first-order valence-electron chi connectivity index (χ1n) is 6.68. The normalized spacial score (nSPS) is 10.4. The fourth-order valence-corrected chi connectivity index (χ4v) is 2.06. The number of amides is 2. The van der Waals surface area contributed by atoms with Crippen molar-refractivity contribution in [2.75, 3.05) is 11.9 Å². The molecule has 6 heteroatoms. The van der Waals surface area contributed by atoms with Crippen LogP contribution >= 0.6 is 0 Å². The second kappa shape index (κ2) is 6.09. The predicted octanol–water partition coefficient (Wildman–Crippen LogP) is 2.20. The lowest BCUT2D eigenvalue weighted by molar-refractivity contribution is -0.115. The molecule has 2 heterocycles. The lowest BCUT2D eigenvalue weighted by Gasteiger charge is -2.08. The largest absolute Gasteiger partial charge is 0.472 e. The highest BCUT2D eigenvalue weighted by Crippen LogP contribution is 2.20. The van der Waals surface area contributed by atoms with E-state index in [0.717, 1.165) is 5.39 Å². The Balaban J connectivity index is 1.65. The third-order valence-electron chi connectivity index (χ3n) is 3.10. The molecule has 0 aliphatic carbocycles. The number of rotatable bonds is 4. The van der Waals surface area contributed by atoms with E-state index in [2.05, 4.69) is 15.6 Å². The van der Waals surface area contributed by atoms with E-state index in [1.165, 1.54) is 18.6 Å². The molecule has 0 saturated heterocycles. The third-order valence-corrected chi connectivity index (χ3v) is 3.10. The summed E-state index contributed by atoms with van der Waals surface area (Å²) >= 11 is 0. The first kappa shape index (κ1) is 13.8. The summed E-state index contributed by atoms with van der Waals surface area (Å²) in [6, 6.07) is 10.8. The van der Waals surface area contributed by atoms with Gasteiger partial charge in [0.05, 0.1) is 29.6 Å². The molecule has 0 atom stereocenters. The van der Waals surface area contributed by atoms with Crippen LogP contribution in [-0.2, 0) is 4.79 Å². The van der Waals surface area contributed by atoms with Crippen LogP contribution in [-0.4, -0.2) is 23.3 Å². The van der Waals surface area contributed by atoms with E-state index in [1.54, 1.807) is 12.3 Å². The van der Waals surface area contributed by atoms with E-state index in [-0.39, 0.29) is 18.4 Å². The first-order valence-corrected chi connectivity index (χ1v) is 6.68. The average molecular weight is 295 g/mol. The van der Waals surface area contributed by atoms with E-state index < -0.39 is 0 Å². The molecule has 0 aliphatic heterocycles. The third kappa shape index (κ3) is 2.95. The highest BCUT2D eigenvalue weighted by Gasteiger charge is 2.10. The van der Waals surface area contributed by atoms with Crippen LogP contribution in [0.1, 0.15) is 10.4 Å². The van der Waals surface area contributed by atoms with E-state index in [0.29, 0.717) is 16.8 Å². The smallest absolute Gasteiger partial charge is 0.254 e. The second-order valence-electron chi connectivity index (χ2n) is 4.62. The van der Waals surface area contributed by atoms with Gasteiger partial charge in [-0.05, 0) is 18.2 Å². The standard InChI is InChI=1S/C16H13N3O3/c20-14(9-18-16(21)12-6-8-22-10-12)19-13-5-1-3-11-4-2-7-17-15(11)13/h1-8,10H,9H2,(H,18,21)(H,19,20). The minimum atomic E-state index is -0.361. The number of carbonyl (C=O) groups is 2. The Labute approximate surface area is 126 Å². The molecule has 0 unspecified atom stereocenters. The van der Waals surface area contributed by atoms with Gasteiger partial charge in [0, 0.05) is 11.6 Å². The summed E-state index contributed by atoms with van der Waals surface area (Å²) in [5.74, 6) is -0.685. The van der Waals surface area contributed by atoms with Crippen molar-refractivity contribution >= 4 is 28.4 Å². The van der Waals surface area contributed by atoms with Gasteiger partial charge in [-0.3, -0.25) is 14.6 Å². The number of hydrogen-bond acceptors (Lipinski definition) is 4. The lowest BCUT2D eigenvalue weighted by Crippen LogP contribution is -2.32. The fourth-order valence-electron chi connectivity index (χ4n) is 2.06. The predicted molar refractivity (Wildman–Crippen MR) is 81.4 cm³/mol. The number of nitrogens with one attached hydrogen (secondary N) is 2. The molecular formula is C16H13N3O3. The first-order chi connectivity index (χ1) is 10.7. The molecule has 3 aromatic rings. The maximum absolute atomic E-state index is 12.0. The Bertz CT molecular complexity index is 807. The van der Waals surface area contributed by atoms with E-state index in [9.17, 15) is 9.59 Å². The van der Waals surface area contributed by atoms with Crippen LogP contribution in [0.3, 0.4) is 0 Å². The Morgan fingerprint density at radius 1 is 1.14 bits per heavy atom. The van der Waals surface area contributed by atoms with E-state index in [4.69, 9.17) is 4.42 Å². The highest BCUT2D eigenvalue weighted by atomic mass is 16.3. The number of furan rings is 1. The number of nitrogens with zero attached hydrogens (tertiary/aromatic N) is 1. The number of anilines is 1. The number of para-hydroxylation sites is 1. The summed E-state index contributed by atoms with van der Waals surface area (Å²) in [4.78, 5) is 27.9. The van der Waals surface area contributed by atoms with Gasteiger partial charge in [0.15, 0.2) is 0 Å². The summed E-state index contributed by atoms with van der Waals surface area (Å²) in [6.45, 7) is -0.132. The maximum atomic E-state index is 12.0. The lowest BCUT2D eigenvalue weighted by atomic mass is 10.2. The molecule has 110 valence electrons. The summed E-state index contributed by atoms with van der Waals surface area (Å²) in [6.07, 6.45) is 4.39. The quantitative estimate of drug-likeness (QED) is 0.772. The van der Waals surface area contributed by atoms with Gasteiger partial charge in [0.2, 0.25) is 5.91 Å². The van der Waals surface area contributed by atoms with Crippen LogP contribution in [0.5, 0.6) is 0 Å². The van der Waals surface area contributed by atoms with Crippen molar-refractivity contribution in [3.8, 4) is 0 Å². The van der Waals surface area contributed by atoms with E-state index in [1.807, 2.05) is 24.3 Å². The molecule has 6 nitrogen and oxygen atoms in total. The summed E-state index contributed by atoms with van der Waals surface area (Å²) in [5.41, 5.74) is 1.69. The van der Waals surface area contributed by atoms with Gasteiger partial charge in [-0.1, -0.05) is 18.2 Å². The maximum Gasteiger partial charge on any atom is 0.254 e.